The average Bonchev–Trinajstić information content (AvgIpc) is 2.92. The number of rotatable bonds is 3. The van der Waals surface area contributed by atoms with Crippen molar-refractivity contribution in [2.24, 2.45) is 5.92 Å². The van der Waals surface area contributed by atoms with Crippen molar-refractivity contribution in [3.8, 4) is 0 Å². The van der Waals surface area contributed by atoms with Gasteiger partial charge in [0.1, 0.15) is 5.69 Å². The van der Waals surface area contributed by atoms with Crippen LogP contribution in [0.15, 0.2) is 12.5 Å². The zero-order chi connectivity index (χ0) is 13.8. The maximum atomic E-state index is 12.0. The van der Waals surface area contributed by atoms with Crippen LogP contribution in [0, 0.1) is 5.92 Å². The lowest BCUT2D eigenvalue weighted by Gasteiger charge is -2.34. The van der Waals surface area contributed by atoms with Crippen molar-refractivity contribution in [2.45, 2.75) is 32.7 Å². The summed E-state index contributed by atoms with van der Waals surface area (Å²) < 4.78 is 0. The molecule has 2 amide bonds. The van der Waals surface area contributed by atoms with Crippen LogP contribution in [0.1, 0.15) is 37.2 Å². The summed E-state index contributed by atoms with van der Waals surface area (Å²) in [4.78, 5) is 32.3. The summed E-state index contributed by atoms with van der Waals surface area (Å²) >= 11 is 0. The predicted molar refractivity (Wildman–Crippen MR) is 70.5 cm³/mol. The number of nitrogens with one attached hydrogen (secondary N) is 2. The number of likely N-dealkylation sites (tertiary alicyclic amines) is 1. The zero-order valence-corrected chi connectivity index (χ0v) is 11.3. The van der Waals surface area contributed by atoms with Gasteiger partial charge in [-0.25, -0.2) is 4.98 Å². The number of H-pyrrole nitrogens is 1. The van der Waals surface area contributed by atoms with Crippen LogP contribution in [0.5, 0.6) is 0 Å². The highest BCUT2D eigenvalue weighted by molar-refractivity contribution is 5.92. The monoisotopic (exact) mass is 264 g/mol. The Morgan fingerprint density at radius 2 is 2.32 bits per heavy atom. The van der Waals surface area contributed by atoms with E-state index in [4.69, 9.17) is 0 Å². The van der Waals surface area contributed by atoms with Gasteiger partial charge in [0.2, 0.25) is 5.91 Å². The van der Waals surface area contributed by atoms with E-state index in [2.05, 4.69) is 15.3 Å². The SMILES string of the molecule is CC(C)C(=O)N1CCCC(NC(=O)c2cnc[nH]2)C1. The summed E-state index contributed by atoms with van der Waals surface area (Å²) in [5.41, 5.74) is 0.451. The molecule has 2 N–H and O–H groups in total. The second-order valence-corrected chi connectivity index (χ2v) is 5.22. The van der Waals surface area contributed by atoms with Gasteiger partial charge < -0.3 is 15.2 Å². The van der Waals surface area contributed by atoms with Crippen molar-refractivity contribution in [3.63, 3.8) is 0 Å². The quantitative estimate of drug-likeness (QED) is 0.847. The molecule has 1 fully saturated rings. The summed E-state index contributed by atoms with van der Waals surface area (Å²) in [5.74, 6) is -0.0103. The van der Waals surface area contributed by atoms with Gasteiger partial charge in [0.25, 0.3) is 5.91 Å². The molecule has 1 saturated heterocycles. The molecule has 1 unspecified atom stereocenters. The van der Waals surface area contributed by atoms with E-state index in [1.165, 1.54) is 12.5 Å². The van der Waals surface area contributed by atoms with Crippen LogP contribution in [0.2, 0.25) is 0 Å². The zero-order valence-electron chi connectivity index (χ0n) is 11.3. The second kappa shape index (κ2) is 5.86. The lowest BCUT2D eigenvalue weighted by Crippen LogP contribution is -2.50. The molecule has 2 rings (SSSR count). The maximum absolute atomic E-state index is 12.0. The third-order valence-electron chi connectivity index (χ3n) is 3.31. The van der Waals surface area contributed by atoms with Crippen molar-refractivity contribution >= 4 is 11.8 Å². The van der Waals surface area contributed by atoms with Crippen molar-refractivity contribution in [1.82, 2.24) is 20.2 Å². The van der Waals surface area contributed by atoms with Crippen LogP contribution in [-0.4, -0.2) is 45.8 Å². The van der Waals surface area contributed by atoms with Crippen molar-refractivity contribution in [3.05, 3.63) is 18.2 Å². The first-order valence-corrected chi connectivity index (χ1v) is 6.66. The van der Waals surface area contributed by atoms with Gasteiger partial charge in [-0.15, -0.1) is 0 Å². The number of aromatic nitrogens is 2. The molecule has 1 aromatic heterocycles. The number of carbonyl (C=O) groups is 2. The summed E-state index contributed by atoms with van der Waals surface area (Å²) in [6.07, 6.45) is 4.80. The molecule has 0 aliphatic carbocycles. The fourth-order valence-electron chi connectivity index (χ4n) is 2.30. The van der Waals surface area contributed by atoms with Crippen molar-refractivity contribution in [1.29, 1.82) is 0 Å². The van der Waals surface area contributed by atoms with Crippen LogP contribution in [0.4, 0.5) is 0 Å². The van der Waals surface area contributed by atoms with Gasteiger partial charge in [0.15, 0.2) is 0 Å². The Hall–Kier alpha value is -1.85. The van der Waals surface area contributed by atoms with Crippen LogP contribution in [-0.2, 0) is 4.79 Å². The van der Waals surface area contributed by atoms with Crippen LogP contribution >= 0.6 is 0 Å². The lowest BCUT2D eigenvalue weighted by molar-refractivity contribution is -0.135. The number of hydrogen-bond acceptors (Lipinski definition) is 3. The normalized spacial score (nSPS) is 19.5. The van der Waals surface area contributed by atoms with Gasteiger partial charge in [0.05, 0.1) is 12.5 Å². The largest absolute Gasteiger partial charge is 0.346 e. The minimum Gasteiger partial charge on any atom is -0.346 e. The molecular weight excluding hydrogens is 244 g/mol. The molecule has 6 nitrogen and oxygen atoms in total. The number of nitrogens with zero attached hydrogens (tertiary/aromatic N) is 2. The number of aromatic amines is 1. The molecule has 1 aliphatic rings. The van der Waals surface area contributed by atoms with Gasteiger partial charge in [-0.3, -0.25) is 9.59 Å². The molecule has 104 valence electrons. The van der Waals surface area contributed by atoms with Crippen LogP contribution in [0.3, 0.4) is 0 Å². The molecule has 6 heteroatoms. The molecule has 19 heavy (non-hydrogen) atoms. The third-order valence-corrected chi connectivity index (χ3v) is 3.31. The van der Waals surface area contributed by atoms with Gasteiger partial charge >= 0.3 is 0 Å². The standard InChI is InChI=1S/C13H20N4O2/c1-9(2)13(19)17-5-3-4-10(7-17)16-12(18)11-6-14-8-15-11/h6,8-10H,3-5,7H2,1-2H3,(H,14,15)(H,16,18). The molecule has 0 aromatic carbocycles. The highest BCUT2D eigenvalue weighted by Crippen LogP contribution is 2.13. The van der Waals surface area contributed by atoms with Crippen molar-refractivity contribution < 1.29 is 9.59 Å². The Labute approximate surface area is 112 Å². The second-order valence-electron chi connectivity index (χ2n) is 5.22. The van der Waals surface area contributed by atoms with Gasteiger partial charge in [-0.2, -0.15) is 0 Å². The predicted octanol–water partition coefficient (Wildman–Crippen LogP) is 0.786. The minimum absolute atomic E-state index is 0.00191. The van der Waals surface area contributed by atoms with E-state index in [1.54, 1.807) is 0 Å². The Bertz CT molecular complexity index is 442. The Morgan fingerprint density at radius 3 is 2.95 bits per heavy atom. The van der Waals surface area contributed by atoms with E-state index in [1.807, 2.05) is 18.7 Å². The number of amides is 2. The molecule has 1 aromatic rings. The smallest absolute Gasteiger partial charge is 0.269 e. The molecule has 0 spiro atoms. The molecule has 0 bridgehead atoms. The summed E-state index contributed by atoms with van der Waals surface area (Å²) in [7, 11) is 0. The third kappa shape index (κ3) is 3.33. The Morgan fingerprint density at radius 1 is 1.53 bits per heavy atom. The van der Waals surface area contributed by atoms with Crippen LogP contribution in [0.25, 0.3) is 0 Å². The molecule has 1 aliphatic heterocycles. The number of hydrogen-bond donors (Lipinski definition) is 2. The van der Waals surface area contributed by atoms with E-state index in [-0.39, 0.29) is 23.8 Å². The number of imidazole rings is 1. The highest BCUT2D eigenvalue weighted by atomic mass is 16.2. The Kier molecular flexibility index (Phi) is 4.19. The van der Waals surface area contributed by atoms with Gasteiger partial charge in [0, 0.05) is 25.0 Å². The van der Waals surface area contributed by atoms with E-state index in [0.29, 0.717) is 12.2 Å². The van der Waals surface area contributed by atoms with Gasteiger partial charge in [-0.05, 0) is 12.8 Å². The summed E-state index contributed by atoms with van der Waals surface area (Å²) in [5, 5.41) is 2.94. The van der Waals surface area contributed by atoms with E-state index in [0.717, 1.165) is 19.4 Å². The number of piperidine rings is 1. The molecule has 2 heterocycles. The highest BCUT2D eigenvalue weighted by Gasteiger charge is 2.26. The van der Waals surface area contributed by atoms with E-state index < -0.39 is 0 Å². The van der Waals surface area contributed by atoms with Gasteiger partial charge in [-0.1, -0.05) is 13.8 Å². The number of carbonyl (C=O) groups excluding carboxylic acids is 2. The van der Waals surface area contributed by atoms with E-state index in [9.17, 15) is 9.59 Å². The summed E-state index contributed by atoms with van der Waals surface area (Å²) in [6.45, 7) is 5.18. The first-order chi connectivity index (χ1) is 9.08. The average molecular weight is 264 g/mol. The molecule has 1 atom stereocenters. The van der Waals surface area contributed by atoms with E-state index >= 15 is 0 Å². The minimum atomic E-state index is -0.165. The van der Waals surface area contributed by atoms with Crippen LogP contribution < -0.4 is 5.32 Å². The topological polar surface area (TPSA) is 78.1 Å². The summed E-state index contributed by atoms with van der Waals surface area (Å²) in [6, 6.07) is 0.0206. The molecule has 0 saturated carbocycles. The maximum Gasteiger partial charge on any atom is 0.269 e. The lowest BCUT2D eigenvalue weighted by atomic mass is 10.0. The van der Waals surface area contributed by atoms with Crippen molar-refractivity contribution in [2.75, 3.05) is 13.1 Å². The fourth-order valence-corrected chi connectivity index (χ4v) is 2.30. The Balaban J connectivity index is 1.91. The first-order valence-electron chi connectivity index (χ1n) is 6.66. The first kappa shape index (κ1) is 13.6. The molecular formula is C13H20N4O2. The fraction of sp³-hybridized carbons (Fsp3) is 0.615. The molecule has 0 radical (unpaired) electrons.